The first-order chi connectivity index (χ1) is 12.3. The molecular formula is C17H13F4N3O2. The van der Waals surface area contributed by atoms with Crippen molar-refractivity contribution in [3.8, 4) is 0 Å². The van der Waals surface area contributed by atoms with E-state index in [2.05, 4.69) is 10.4 Å². The van der Waals surface area contributed by atoms with Crippen LogP contribution in [0, 0.1) is 23.3 Å². The summed E-state index contributed by atoms with van der Waals surface area (Å²) in [6.45, 7) is 1.33. The normalized spacial score (nSPS) is 19.5. The van der Waals surface area contributed by atoms with Crippen LogP contribution in [0.3, 0.4) is 0 Å². The zero-order chi connectivity index (χ0) is 19.1. The Balaban J connectivity index is 1.98. The van der Waals surface area contributed by atoms with Gasteiger partial charge in [0.25, 0.3) is 5.91 Å². The molecule has 1 amide bonds. The van der Waals surface area contributed by atoms with Gasteiger partial charge >= 0.3 is 6.02 Å². The number of aliphatic imine (C=N–C) groups is 1. The van der Waals surface area contributed by atoms with E-state index in [0.717, 1.165) is 29.3 Å². The number of methoxy groups -OCH3 is 1. The summed E-state index contributed by atoms with van der Waals surface area (Å²) >= 11 is 0. The monoisotopic (exact) mass is 367 g/mol. The maximum Gasteiger partial charge on any atom is 0.315 e. The SMILES string of the molecule is COC1=NC(C)(c2ccc(F)cc2F)C(=O)N1Nc1ccc(F)c(F)c1. The number of carbonyl (C=O) groups is 1. The summed E-state index contributed by atoms with van der Waals surface area (Å²) in [5.41, 5.74) is 0.701. The molecule has 1 aliphatic rings. The molecule has 1 unspecified atom stereocenters. The molecule has 1 aliphatic heterocycles. The molecule has 0 aliphatic carbocycles. The van der Waals surface area contributed by atoms with Crippen molar-refractivity contribution in [1.82, 2.24) is 5.01 Å². The molecule has 0 saturated carbocycles. The molecule has 2 aromatic carbocycles. The van der Waals surface area contributed by atoms with E-state index < -0.39 is 34.7 Å². The standard InChI is InChI=1S/C17H13F4N3O2/c1-17(11-5-3-9(18)7-13(11)20)15(25)24(16(22-17)26-2)23-10-4-6-12(19)14(21)8-10/h3-8,23H,1-2H3. The number of nitrogens with one attached hydrogen (secondary N) is 1. The lowest BCUT2D eigenvalue weighted by Gasteiger charge is -2.23. The van der Waals surface area contributed by atoms with Crippen LogP contribution in [-0.4, -0.2) is 24.0 Å². The quantitative estimate of drug-likeness (QED) is 0.847. The van der Waals surface area contributed by atoms with E-state index in [9.17, 15) is 22.4 Å². The second-order valence-corrected chi connectivity index (χ2v) is 5.68. The number of hydrogen-bond acceptors (Lipinski definition) is 4. The Labute approximate surface area is 145 Å². The van der Waals surface area contributed by atoms with E-state index in [1.807, 2.05) is 0 Å². The number of hydrogen-bond donors (Lipinski definition) is 1. The Bertz CT molecular complexity index is 919. The fourth-order valence-electron chi connectivity index (χ4n) is 2.58. The maximum atomic E-state index is 14.2. The lowest BCUT2D eigenvalue weighted by molar-refractivity contribution is -0.130. The van der Waals surface area contributed by atoms with Crippen LogP contribution in [0.5, 0.6) is 0 Å². The van der Waals surface area contributed by atoms with E-state index >= 15 is 0 Å². The van der Waals surface area contributed by atoms with Gasteiger partial charge in [0.15, 0.2) is 17.2 Å². The van der Waals surface area contributed by atoms with Crippen LogP contribution in [0.15, 0.2) is 41.4 Å². The summed E-state index contributed by atoms with van der Waals surface area (Å²) in [6, 6.07) is 5.45. The number of ether oxygens (including phenoxy) is 1. The van der Waals surface area contributed by atoms with Gasteiger partial charge < -0.3 is 4.74 Å². The number of nitrogens with zero attached hydrogens (tertiary/aromatic N) is 2. The summed E-state index contributed by atoms with van der Waals surface area (Å²) in [5.74, 6) is -4.67. The van der Waals surface area contributed by atoms with Crippen LogP contribution in [0.25, 0.3) is 0 Å². The number of hydrazine groups is 1. The lowest BCUT2D eigenvalue weighted by atomic mass is 9.92. The van der Waals surface area contributed by atoms with Gasteiger partial charge in [0.05, 0.1) is 12.8 Å². The highest BCUT2D eigenvalue weighted by Crippen LogP contribution is 2.35. The second-order valence-electron chi connectivity index (χ2n) is 5.68. The first-order valence-electron chi connectivity index (χ1n) is 7.42. The third-order valence-electron chi connectivity index (χ3n) is 3.93. The highest BCUT2D eigenvalue weighted by molar-refractivity contribution is 6.06. The molecule has 0 fully saturated rings. The molecule has 3 rings (SSSR count). The molecule has 26 heavy (non-hydrogen) atoms. The van der Waals surface area contributed by atoms with Crippen molar-refractivity contribution >= 4 is 17.6 Å². The van der Waals surface area contributed by atoms with Gasteiger partial charge in [-0.2, -0.15) is 5.01 Å². The molecule has 2 aromatic rings. The highest BCUT2D eigenvalue weighted by Gasteiger charge is 2.49. The summed E-state index contributed by atoms with van der Waals surface area (Å²) < 4.78 is 58.8. The molecule has 0 saturated heterocycles. The smallest absolute Gasteiger partial charge is 0.315 e. The predicted molar refractivity (Wildman–Crippen MR) is 85.0 cm³/mol. The van der Waals surface area contributed by atoms with Gasteiger partial charge in [-0.25, -0.2) is 22.6 Å². The minimum absolute atomic E-state index is 0.0471. The first kappa shape index (κ1) is 17.7. The van der Waals surface area contributed by atoms with Crippen LogP contribution in [0.2, 0.25) is 0 Å². The number of carbonyl (C=O) groups excluding carboxylic acids is 1. The number of halogens is 4. The molecule has 1 N–H and O–H groups in total. The zero-order valence-corrected chi connectivity index (χ0v) is 13.7. The number of anilines is 1. The van der Waals surface area contributed by atoms with E-state index in [1.54, 1.807) is 0 Å². The number of rotatable bonds is 3. The van der Waals surface area contributed by atoms with Crippen LogP contribution in [0.4, 0.5) is 23.2 Å². The molecule has 0 aromatic heterocycles. The molecular weight excluding hydrogens is 354 g/mol. The van der Waals surface area contributed by atoms with Gasteiger partial charge in [0.1, 0.15) is 11.6 Å². The fraction of sp³-hybridized carbons (Fsp3) is 0.176. The van der Waals surface area contributed by atoms with E-state index in [1.165, 1.54) is 20.1 Å². The topological polar surface area (TPSA) is 53.9 Å². The molecule has 0 radical (unpaired) electrons. The minimum atomic E-state index is -1.73. The average Bonchev–Trinajstić information content (AvgIpc) is 2.83. The lowest BCUT2D eigenvalue weighted by Crippen LogP contribution is -2.43. The van der Waals surface area contributed by atoms with Gasteiger partial charge in [-0.15, -0.1) is 0 Å². The van der Waals surface area contributed by atoms with Crippen LogP contribution < -0.4 is 5.43 Å². The van der Waals surface area contributed by atoms with Gasteiger partial charge in [-0.3, -0.25) is 10.2 Å². The Morgan fingerprint density at radius 3 is 2.38 bits per heavy atom. The third kappa shape index (κ3) is 2.85. The summed E-state index contributed by atoms with van der Waals surface area (Å²) in [6.07, 6.45) is 0. The number of amides is 1. The average molecular weight is 367 g/mol. The van der Waals surface area contributed by atoms with Crippen LogP contribution in [0.1, 0.15) is 12.5 Å². The van der Waals surface area contributed by atoms with Gasteiger partial charge in [0, 0.05) is 17.7 Å². The zero-order valence-electron chi connectivity index (χ0n) is 13.7. The maximum absolute atomic E-state index is 14.2. The van der Waals surface area contributed by atoms with Crippen molar-refractivity contribution in [2.45, 2.75) is 12.5 Å². The van der Waals surface area contributed by atoms with Crippen molar-refractivity contribution in [2.75, 3.05) is 12.5 Å². The highest BCUT2D eigenvalue weighted by atomic mass is 19.2. The molecule has 9 heteroatoms. The van der Waals surface area contributed by atoms with Gasteiger partial charge in [0.2, 0.25) is 0 Å². The van der Waals surface area contributed by atoms with Crippen LogP contribution >= 0.6 is 0 Å². The molecule has 5 nitrogen and oxygen atoms in total. The summed E-state index contributed by atoms with van der Waals surface area (Å²) in [7, 11) is 1.23. The van der Waals surface area contributed by atoms with E-state index in [4.69, 9.17) is 4.74 Å². The van der Waals surface area contributed by atoms with E-state index in [0.29, 0.717) is 6.07 Å². The van der Waals surface area contributed by atoms with Gasteiger partial charge in [-0.05, 0) is 25.1 Å². The number of benzene rings is 2. The van der Waals surface area contributed by atoms with Crippen molar-refractivity contribution < 1.29 is 27.1 Å². The molecule has 0 bridgehead atoms. The number of amidine groups is 1. The van der Waals surface area contributed by atoms with Gasteiger partial charge in [-0.1, -0.05) is 6.07 Å². The Kier molecular flexibility index (Phi) is 4.31. The fourth-order valence-corrected chi connectivity index (χ4v) is 2.58. The molecule has 0 spiro atoms. The van der Waals surface area contributed by atoms with Crippen molar-refractivity contribution in [1.29, 1.82) is 0 Å². The molecule has 1 heterocycles. The third-order valence-corrected chi connectivity index (χ3v) is 3.93. The van der Waals surface area contributed by atoms with Crippen molar-refractivity contribution in [2.24, 2.45) is 4.99 Å². The Morgan fingerprint density at radius 1 is 1.04 bits per heavy atom. The summed E-state index contributed by atoms with van der Waals surface area (Å²) in [5, 5.41) is 0.843. The Hall–Kier alpha value is -3.10. The predicted octanol–water partition coefficient (Wildman–Crippen LogP) is 3.33. The molecule has 136 valence electrons. The second kappa shape index (κ2) is 6.32. The summed E-state index contributed by atoms with van der Waals surface area (Å²) in [4.78, 5) is 16.9. The Morgan fingerprint density at radius 2 is 1.77 bits per heavy atom. The van der Waals surface area contributed by atoms with Crippen LogP contribution in [-0.2, 0) is 15.1 Å². The van der Waals surface area contributed by atoms with Crippen molar-refractivity contribution in [3.63, 3.8) is 0 Å². The molecule has 1 atom stereocenters. The van der Waals surface area contributed by atoms with Crippen molar-refractivity contribution in [3.05, 3.63) is 65.2 Å². The minimum Gasteiger partial charge on any atom is -0.467 e. The largest absolute Gasteiger partial charge is 0.467 e. The van der Waals surface area contributed by atoms with E-state index in [-0.39, 0.29) is 17.3 Å². The first-order valence-corrected chi connectivity index (χ1v) is 7.42.